The molecule has 3 amide bonds. The average Bonchev–Trinajstić information content (AvgIpc) is 2.98. The van der Waals surface area contributed by atoms with Crippen LogP contribution in [0.2, 0.25) is 5.02 Å². The molecule has 0 spiro atoms. The number of nitrogens with one attached hydrogen (secondary N) is 2. The van der Waals surface area contributed by atoms with Gasteiger partial charge in [0.2, 0.25) is 0 Å². The molecule has 0 unspecified atom stereocenters. The number of methoxy groups -OCH3 is 1. The second-order valence-corrected chi connectivity index (χ2v) is 7.94. The van der Waals surface area contributed by atoms with Crippen LogP contribution in [0.3, 0.4) is 0 Å². The Bertz CT molecular complexity index is 855. The molecule has 0 atom stereocenters. The van der Waals surface area contributed by atoms with E-state index in [0.717, 1.165) is 4.88 Å². The molecule has 8 heteroatoms. The van der Waals surface area contributed by atoms with Crippen LogP contribution in [0.5, 0.6) is 0 Å². The summed E-state index contributed by atoms with van der Waals surface area (Å²) in [5, 5.41) is 4.97. The van der Waals surface area contributed by atoms with E-state index in [2.05, 4.69) is 10.6 Å². The Morgan fingerprint density at radius 2 is 1.81 bits per heavy atom. The van der Waals surface area contributed by atoms with Gasteiger partial charge in [-0.15, -0.1) is 11.3 Å². The van der Waals surface area contributed by atoms with Crippen molar-refractivity contribution in [2.24, 2.45) is 0 Å². The lowest BCUT2D eigenvalue weighted by Crippen LogP contribution is -2.34. The molecule has 0 aliphatic rings. The Labute approximate surface area is 160 Å². The van der Waals surface area contributed by atoms with Gasteiger partial charge in [0.1, 0.15) is 4.88 Å². The van der Waals surface area contributed by atoms with Gasteiger partial charge in [-0.3, -0.25) is 10.1 Å². The number of hydrogen-bond acceptors (Lipinski definition) is 5. The van der Waals surface area contributed by atoms with Gasteiger partial charge in [0.15, 0.2) is 0 Å². The molecule has 0 aliphatic heterocycles. The van der Waals surface area contributed by atoms with Crippen LogP contribution in [0.15, 0.2) is 30.3 Å². The number of esters is 1. The van der Waals surface area contributed by atoms with E-state index in [1.165, 1.54) is 24.5 Å². The number of carbonyl (C=O) groups excluding carboxylic acids is 3. The van der Waals surface area contributed by atoms with Crippen molar-refractivity contribution in [2.45, 2.75) is 26.2 Å². The van der Waals surface area contributed by atoms with Crippen molar-refractivity contribution in [1.29, 1.82) is 0 Å². The van der Waals surface area contributed by atoms with E-state index in [1.807, 2.05) is 20.8 Å². The first kappa shape index (κ1) is 19.9. The lowest BCUT2D eigenvalue weighted by atomic mass is 9.94. The second-order valence-electron chi connectivity index (χ2n) is 6.48. The van der Waals surface area contributed by atoms with Crippen LogP contribution >= 0.6 is 22.9 Å². The molecule has 2 N–H and O–H groups in total. The molecule has 0 saturated heterocycles. The molecule has 2 rings (SSSR count). The third-order valence-corrected chi connectivity index (χ3v) is 5.31. The van der Waals surface area contributed by atoms with Gasteiger partial charge in [-0.25, -0.2) is 9.59 Å². The summed E-state index contributed by atoms with van der Waals surface area (Å²) in [6, 6.07) is 7.32. The second kappa shape index (κ2) is 7.88. The van der Waals surface area contributed by atoms with Gasteiger partial charge in [0.25, 0.3) is 5.91 Å². The number of imide groups is 1. The summed E-state index contributed by atoms with van der Waals surface area (Å²) < 4.78 is 4.77. The summed E-state index contributed by atoms with van der Waals surface area (Å²) in [6.07, 6.45) is 0. The standard InChI is InChI=1S/C18H19ClN2O4S/c1-18(2,3)13-9-12(14(26-13)16(23)25-4)20-17(24)21-15(22)10-7-5-6-8-11(10)19/h5-9H,1-4H3,(H2,20,21,22,24). The number of ether oxygens (including phenoxy) is 1. The number of carbonyl (C=O) groups is 3. The Morgan fingerprint density at radius 3 is 2.38 bits per heavy atom. The fourth-order valence-electron chi connectivity index (χ4n) is 2.07. The van der Waals surface area contributed by atoms with E-state index in [1.54, 1.807) is 24.3 Å². The summed E-state index contributed by atoms with van der Waals surface area (Å²) in [7, 11) is 1.27. The largest absolute Gasteiger partial charge is 0.465 e. The smallest absolute Gasteiger partial charge is 0.350 e. The van der Waals surface area contributed by atoms with Gasteiger partial charge in [0, 0.05) is 4.88 Å². The molecule has 0 radical (unpaired) electrons. The van der Waals surface area contributed by atoms with Crippen molar-refractivity contribution in [3.8, 4) is 0 Å². The van der Waals surface area contributed by atoms with Crippen LogP contribution in [0, 0.1) is 0 Å². The summed E-state index contributed by atoms with van der Waals surface area (Å²) >= 11 is 7.19. The maximum Gasteiger partial charge on any atom is 0.350 e. The van der Waals surface area contributed by atoms with E-state index < -0.39 is 17.9 Å². The molecule has 6 nitrogen and oxygen atoms in total. The fourth-order valence-corrected chi connectivity index (χ4v) is 3.38. The van der Waals surface area contributed by atoms with Crippen molar-refractivity contribution in [3.63, 3.8) is 0 Å². The number of thiophene rings is 1. The van der Waals surface area contributed by atoms with Crippen LogP contribution in [-0.2, 0) is 10.2 Å². The summed E-state index contributed by atoms with van der Waals surface area (Å²) in [5.74, 6) is -1.20. The number of benzene rings is 1. The highest BCUT2D eigenvalue weighted by Gasteiger charge is 2.25. The van der Waals surface area contributed by atoms with E-state index in [4.69, 9.17) is 16.3 Å². The molecule has 0 aliphatic carbocycles. The van der Waals surface area contributed by atoms with Crippen molar-refractivity contribution >= 4 is 46.5 Å². The van der Waals surface area contributed by atoms with Crippen molar-refractivity contribution in [1.82, 2.24) is 5.32 Å². The van der Waals surface area contributed by atoms with Crippen molar-refractivity contribution in [3.05, 3.63) is 50.7 Å². The highest BCUT2D eigenvalue weighted by Crippen LogP contribution is 2.35. The molecule has 2 aromatic rings. The van der Waals surface area contributed by atoms with Crippen LogP contribution in [-0.4, -0.2) is 25.0 Å². The minimum atomic E-state index is -0.765. The van der Waals surface area contributed by atoms with Crippen molar-refractivity contribution in [2.75, 3.05) is 12.4 Å². The van der Waals surface area contributed by atoms with Crippen molar-refractivity contribution < 1.29 is 19.1 Å². The molecular weight excluding hydrogens is 376 g/mol. The van der Waals surface area contributed by atoms with Crippen LogP contribution < -0.4 is 10.6 Å². The Balaban J connectivity index is 2.20. The first-order valence-corrected chi connectivity index (χ1v) is 8.92. The highest BCUT2D eigenvalue weighted by molar-refractivity contribution is 7.14. The molecule has 1 aromatic carbocycles. The monoisotopic (exact) mass is 394 g/mol. The molecule has 0 saturated carbocycles. The number of urea groups is 1. The first-order valence-electron chi connectivity index (χ1n) is 7.73. The average molecular weight is 395 g/mol. The first-order chi connectivity index (χ1) is 12.1. The predicted molar refractivity (Wildman–Crippen MR) is 102 cm³/mol. The van der Waals surface area contributed by atoms with Crippen LogP contribution in [0.4, 0.5) is 10.5 Å². The summed E-state index contributed by atoms with van der Waals surface area (Å²) in [5.41, 5.74) is 0.256. The van der Waals surface area contributed by atoms with Gasteiger partial charge in [-0.05, 0) is 23.6 Å². The molecule has 0 fully saturated rings. The topological polar surface area (TPSA) is 84.5 Å². The fraction of sp³-hybridized carbons (Fsp3) is 0.278. The van der Waals surface area contributed by atoms with Crippen LogP contribution in [0.25, 0.3) is 0 Å². The number of amides is 3. The zero-order chi connectivity index (χ0) is 19.5. The third kappa shape index (κ3) is 4.62. The predicted octanol–water partition coefficient (Wildman–Crippen LogP) is 4.45. The Kier molecular flexibility index (Phi) is 6.05. The number of halogens is 1. The lowest BCUT2D eigenvalue weighted by Gasteiger charge is -2.15. The van der Waals surface area contributed by atoms with Crippen LogP contribution in [0.1, 0.15) is 45.7 Å². The molecular formula is C18H19ClN2O4S. The lowest BCUT2D eigenvalue weighted by molar-refractivity contribution is 0.0607. The molecule has 138 valence electrons. The molecule has 1 aromatic heterocycles. The number of hydrogen-bond donors (Lipinski definition) is 2. The van der Waals surface area contributed by atoms with Gasteiger partial charge in [-0.1, -0.05) is 44.5 Å². The molecule has 26 heavy (non-hydrogen) atoms. The third-order valence-electron chi connectivity index (χ3n) is 3.44. The minimum absolute atomic E-state index is 0.179. The highest BCUT2D eigenvalue weighted by atomic mass is 35.5. The number of rotatable bonds is 3. The minimum Gasteiger partial charge on any atom is -0.465 e. The molecule has 1 heterocycles. The van der Waals surface area contributed by atoms with E-state index >= 15 is 0 Å². The van der Waals surface area contributed by atoms with Gasteiger partial charge >= 0.3 is 12.0 Å². The number of anilines is 1. The zero-order valence-electron chi connectivity index (χ0n) is 14.8. The van der Waals surface area contributed by atoms with E-state index in [0.29, 0.717) is 0 Å². The van der Waals surface area contributed by atoms with E-state index in [-0.39, 0.29) is 26.6 Å². The summed E-state index contributed by atoms with van der Waals surface area (Å²) in [6.45, 7) is 5.97. The van der Waals surface area contributed by atoms with E-state index in [9.17, 15) is 14.4 Å². The molecule has 0 bridgehead atoms. The van der Waals surface area contributed by atoms with Gasteiger partial charge in [0.05, 0.1) is 23.4 Å². The Hall–Kier alpha value is -2.38. The zero-order valence-corrected chi connectivity index (χ0v) is 16.4. The quantitative estimate of drug-likeness (QED) is 0.753. The van der Waals surface area contributed by atoms with Gasteiger partial charge < -0.3 is 10.1 Å². The maximum atomic E-state index is 12.2. The normalized spacial score (nSPS) is 11.0. The van der Waals surface area contributed by atoms with Gasteiger partial charge in [-0.2, -0.15) is 0 Å². The summed E-state index contributed by atoms with van der Waals surface area (Å²) in [4.78, 5) is 37.5. The maximum absolute atomic E-state index is 12.2. The Morgan fingerprint density at radius 1 is 1.15 bits per heavy atom. The SMILES string of the molecule is COC(=O)c1sc(C(C)(C)C)cc1NC(=O)NC(=O)c1ccccc1Cl.